The molecule has 2 aromatic heterocycles. The van der Waals surface area contributed by atoms with Crippen LogP contribution < -0.4 is 10.6 Å². The maximum atomic E-state index is 11.6. The number of hydrogen-bond donors (Lipinski definition) is 2. The third-order valence-electron chi connectivity index (χ3n) is 2.54. The number of aromatic nitrogens is 1. The van der Waals surface area contributed by atoms with E-state index < -0.39 is 0 Å². The maximum absolute atomic E-state index is 11.6. The van der Waals surface area contributed by atoms with E-state index in [2.05, 4.69) is 15.6 Å². The quantitative estimate of drug-likeness (QED) is 0.802. The Hall–Kier alpha value is -2.21. The van der Waals surface area contributed by atoms with Gasteiger partial charge in [0.25, 0.3) is 5.91 Å². The summed E-state index contributed by atoms with van der Waals surface area (Å²) < 4.78 is 0. The highest BCUT2D eigenvalue weighted by Crippen LogP contribution is 2.07. The van der Waals surface area contributed by atoms with Crippen LogP contribution in [0.4, 0.5) is 5.82 Å². The van der Waals surface area contributed by atoms with Crippen LogP contribution in [-0.2, 0) is 4.79 Å². The van der Waals surface area contributed by atoms with Crippen molar-refractivity contribution in [2.24, 2.45) is 0 Å². The van der Waals surface area contributed by atoms with Crippen molar-refractivity contribution in [1.82, 2.24) is 10.3 Å². The molecule has 20 heavy (non-hydrogen) atoms. The Kier molecular flexibility index (Phi) is 5.25. The Balaban J connectivity index is 1.64. The van der Waals surface area contributed by atoms with Crippen molar-refractivity contribution in [3.05, 3.63) is 46.8 Å². The van der Waals surface area contributed by atoms with Crippen molar-refractivity contribution < 1.29 is 9.59 Å². The molecule has 0 bridgehead atoms. The molecule has 0 aliphatic rings. The van der Waals surface area contributed by atoms with Crippen LogP contribution in [0.15, 0.2) is 41.9 Å². The summed E-state index contributed by atoms with van der Waals surface area (Å²) in [6, 6.07) is 8.93. The molecule has 0 saturated heterocycles. The number of nitrogens with one attached hydrogen (secondary N) is 2. The van der Waals surface area contributed by atoms with Crippen molar-refractivity contribution in [1.29, 1.82) is 0 Å². The topological polar surface area (TPSA) is 71.1 Å². The van der Waals surface area contributed by atoms with E-state index in [1.165, 1.54) is 11.3 Å². The third kappa shape index (κ3) is 4.47. The zero-order chi connectivity index (χ0) is 14.2. The van der Waals surface area contributed by atoms with Gasteiger partial charge in [-0.3, -0.25) is 9.59 Å². The first-order valence-corrected chi connectivity index (χ1v) is 7.16. The highest BCUT2D eigenvalue weighted by atomic mass is 32.1. The van der Waals surface area contributed by atoms with E-state index in [4.69, 9.17) is 0 Å². The van der Waals surface area contributed by atoms with E-state index in [0.717, 1.165) is 0 Å². The summed E-state index contributed by atoms with van der Waals surface area (Å²) in [6.45, 7) is 0.479. The minimum Gasteiger partial charge on any atom is -0.351 e. The molecule has 0 fully saturated rings. The van der Waals surface area contributed by atoms with Gasteiger partial charge in [-0.15, -0.1) is 11.3 Å². The van der Waals surface area contributed by atoms with E-state index in [0.29, 0.717) is 30.1 Å². The number of pyridine rings is 1. The number of anilines is 1. The van der Waals surface area contributed by atoms with Gasteiger partial charge in [0, 0.05) is 19.2 Å². The average molecular weight is 289 g/mol. The van der Waals surface area contributed by atoms with Gasteiger partial charge >= 0.3 is 0 Å². The Morgan fingerprint density at radius 1 is 1.20 bits per heavy atom. The van der Waals surface area contributed by atoms with Crippen molar-refractivity contribution in [3.8, 4) is 0 Å². The minimum atomic E-state index is -0.103. The molecule has 0 atom stereocenters. The highest BCUT2D eigenvalue weighted by Gasteiger charge is 2.06. The Morgan fingerprint density at radius 2 is 2.10 bits per heavy atom. The normalized spacial score (nSPS) is 10.0. The lowest BCUT2D eigenvalue weighted by Gasteiger charge is -2.05. The van der Waals surface area contributed by atoms with Crippen LogP contribution in [0, 0.1) is 0 Å². The molecular formula is C14H15N3O2S. The number of thiophene rings is 1. The smallest absolute Gasteiger partial charge is 0.261 e. The van der Waals surface area contributed by atoms with E-state index in [-0.39, 0.29) is 11.8 Å². The maximum Gasteiger partial charge on any atom is 0.261 e. The summed E-state index contributed by atoms with van der Waals surface area (Å²) >= 11 is 1.40. The molecule has 0 saturated carbocycles. The number of rotatable bonds is 6. The molecule has 2 rings (SSSR count). The van der Waals surface area contributed by atoms with Crippen molar-refractivity contribution in [3.63, 3.8) is 0 Å². The molecule has 0 aliphatic carbocycles. The second-order valence-corrected chi connectivity index (χ2v) is 5.05. The molecular weight excluding hydrogens is 274 g/mol. The van der Waals surface area contributed by atoms with Gasteiger partial charge < -0.3 is 10.6 Å². The fraction of sp³-hybridized carbons (Fsp3) is 0.214. The molecule has 2 N–H and O–H groups in total. The second-order valence-electron chi connectivity index (χ2n) is 4.10. The monoisotopic (exact) mass is 289 g/mol. The molecule has 0 radical (unpaired) electrons. The standard InChI is InChI=1S/C14H15N3O2S/c18-13(17-12-6-1-2-8-15-12)7-3-9-16-14(19)11-5-4-10-20-11/h1-2,4-6,8,10H,3,7,9H2,(H,16,19)(H,15,17,18). The van der Waals surface area contributed by atoms with Gasteiger partial charge in [0.1, 0.15) is 5.82 Å². The van der Waals surface area contributed by atoms with Crippen molar-refractivity contribution in [2.75, 3.05) is 11.9 Å². The number of hydrogen-bond acceptors (Lipinski definition) is 4. The highest BCUT2D eigenvalue weighted by molar-refractivity contribution is 7.12. The second kappa shape index (κ2) is 7.40. The van der Waals surface area contributed by atoms with Crippen molar-refractivity contribution in [2.45, 2.75) is 12.8 Å². The van der Waals surface area contributed by atoms with Crippen LogP contribution in [-0.4, -0.2) is 23.3 Å². The molecule has 5 nitrogen and oxygen atoms in total. The lowest BCUT2D eigenvalue weighted by Crippen LogP contribution is -2.24. The summed E-state index contributed by atoms with van der Waals surface area (Å²) in [5, 5.41) is 7.33. The fourth-order valence-electron chi connectivity index (χ4n) is 1.59. The van der Waals surface area contributed by atoms with Gasteiger partial charge in [0.2, 0.25) is 5.91 Å². The first-order valence-electron chi connectivity index (χ1n) is 6.28. The Bertz CT molecular complexity index is 555. The number of amides is 2. The molecule has 2 amide bonds. The summed E-state index contributed by atoms with van der Waals surface area (Å²) in [5.41, 5.74) is 0. The lowest BCUT2D eigenvalue weighted by molar-refractivity contribution is -0.116. The number of nitrogens with zero attached hydrogens (tertiary/aromatic N) is 1. The van der Waals surface area contributed by atoms with Crippen LogP contribution in [0.3, 0.4) is 0 Å². The molecule has 0 aromatic carbocycles. The SMILES string of the molecule is O=C(CCCNC(=O)c1cccs1)Nc1ccccn1. The number of carbonyl (C=O) groups excluding carboxylic acids is 2. The van der Waals surface area contributed by atoms with Gasteiger partial charge in [0.15, 0.2) is 0 Å². The van der Waals surface area contributed by atoms with Gasteiger partial charge in [-0.25, -0.2) is 4.98 Å². The summed E-state index contributed by atoms with van der Waals surface area (Å²) in [4.78, 5) is 27.9. The molecule has 0 unspecified atom stereocenters. The minimum absolute atomic E-state index is 0.0925. The van der Waals surface area contributed by atoms with Crippen LogP contribution >= 0.6 is 11.3 Å². The fourth-order valence-corrected chi connectivity index (χ4v) is 2.23. The van der Waals surface area contributed by atoms with Crippen LogP contribution in [0.5, 0.6) is 0 Å². The zero-order valence-electron chi connectivity index (χ0n) is 10.8. The molecule has 104 valence electrons. The Morgan fingerprint density at radius 3 is 2.80 bits per heavy atom. The van der Waals surface area contributed by atoms with E-state index in [1.807, 2.05) is 17.5 Å². The third-order valence-corrected chi connectivity index (χ3v) is 3.41. The first kappa shape index (κ1) is 14.2. The van der Waals surface area contributed by atoms with Crippen LogP contribution in [0.25, 0.3) is 0 Å². The largest absolute Gasteiger partial charge is 0.351 e. The van der Waals surface area contributed by atoms with Crippen LogP contribution in [0.2, 0.25) is 0 Å². The van der Waals surface area contributed by atoms with E-state index in [9.17, 15) is 9.59 Å². The van der Waals surface area contributed by atoms with Crippen molar-refractivity contribution >= 4 is 29.0 Å². The lowest BCUT2D eigenvalue weighted by atomic mass is 10.3. The molecule has 0 aliphatic heterocycles. The molecule has 2 heterocycles. The Labute approximate surface area is 121 Å². The van der Waals surface area contributed by atoms with Gasteiger partial charge in [-0.05, 0) is 30.0 Å². The summed E-state index contributed by atoms with van der Waals surface area (Å²) in [7, 11) is 0. The predicted octanol–water partition coefficient (Wildman–Crippen LogP) is 2.29. The first-order chi connectivity index (χ1) is 9.75. The van der Waals surface area contributed by atoms with Gasteiger partial charge in [-0.2, -0.15) is 0 Å². The zero-order valence-corrected chi connectivity index (χ0v) is 11.7. The van der Waals surface area contributed by atoms with E-state index in [1.54, 1.807) is 24.4 Å². The number of carbonyl (C=O) groups is 2. The van der Waals surface area contributed by atoms with Crippen LogP contribution in [0.1, 0.15) is 22.5 Å². The summed E-state index contributed by atoms with van der Waals surface area (Å²) in [5.74, 6) is 0.347. The molecule has 6 heteroatoms. The van der Waals surface area contributed by atoms with Gasteiger partial charge in [0.05, 0.1) is 4.88 Å². The summed E-state index contributed by atoms with van der Waals surface area (Å²) in [6.07, 6.45) is 2.56. The molecule has 0 spiro atoms. The molecule has 2 aromatic rings. The van der Waals surface area contributed by atoms with Gasteiger partial charge in [-0.1, -0.05) is 12.1 Å². The average Bonchev–Trinajstić information content (AvgIpc) is 2.99. The van der Waals surface area contributed by atoms with E-state index >= 15 is 0 Å². The predicted molar refractivity (Wildman–Crippen MR) is 78.8 cm³/mol.